The Bertz CT molecular complexity index is 393. The molecule has 19 heavy (non-hydrogen) atoms. The van der Waals surface area contributed by atoms with Crippen molar-refractivity contribution in [2.75, 3.05) is 19.6 Å². The number of amides is 1. The van der Waals surface area contributed by atoms with Crippen LogP contribution in [-0.4, -0.2) is 30.6 Å². The SMILES string of the molecule is CC(C)C(=O)NCCNC[C@@H](O)c1ccc(Br)cc1. The first-order valence-electron chi connectivity index (χ1n) is 6.42. The van der Waals surface area contributed by atoms with Crippen LogP contribution < -0.4 is 10.6 Å². The summed E-state index contributed by atoms with van der Waals surface area (Å²) in [5, 5.41) is 15.9. The minimum Gasteiger partial charge on any atom is -0.387 e. The van der Waals surface area contributed by atoms with Crippen LogP contribution in [0.1, 0.15) is 25.5 Å². The maximum absolute atomic E-state index is 11.3. The van der Waals surface area contributed by atoms with Gasteiger partial charge in [0.05, 0.1) is 6.10 Å². The molecule has 0 aromatic heterocycles. The number of rotatable bonds is 7. The monoisotopic (exact) mass is 328 g/mol. The van der Waals surface area contributed by atoms with Crippen LogP contribution >= 0.6 is 15.9 Å². The van der Waals surface area contributed by atoms with Crippen LogP contribution in [0.4, 0.5) is 0 Å². The van der Waals surface area contributed by atoms with Gasteiger partial charge < -0.3 is 15.7 Å². The standard InChI is InChI=1S/C14H21BrN2O2/c1-10(2)14(19)17-8-7-16-9-13(18)11-3-5-12(15)6-4-11/h3-6,10,13,16,18H,7-9H2,1-2H3,(H,17,19)/t13-/m1/s1. The largest absolute Gasteiger partial charge is 0.387 e. The van der Waals surface area contributed by atoms with Crippen LogP contribution in [0.15, 0.2) is 28.7 Å². The number of nitrogens with one attached hydrogen (secondary N) is 2. The Kier molecular flexibility index (Phi) is 7.05. The number of carbonyl (C=O) groups excluding carboxylic acids is 1. The first-order valence-corrected chi connectivity index (χ1v) is 7.22. The molecule has 3 N–H and O–H groups in total. The fraction of sp³-hybridized carbons (Fsp3) is 0.500. The number of halogens is 1. The molecule has 0 saturated heterocycles. The zero-order valence-electron chi connectivity index (χ0n) is 11.3. The van der Waals surface area contributed by atoms with Crippen molar-refractivity contribution in [2.45, 2.75) is 20.0 Å². The molecule has 0 heterocycles. The van der Waals surface area contributed by atoms with Gasteiger partial charge in [0.15, 0.2) is 0 Å². The fourth-order valence-electron chi connectivity index (χ4n) is 1.52. The van der Waals surface area contributed by atoms with Crippen molar-refractivity contribution in [3.63, 3.8) is 0 Å². The van der Waals surface area contributed by atoms with E-state index in [1.165, 1.54) is 0 Å². The van der Waals surface area contributed by atoms with E-state index in [-0.39, 0.29) is 11.8 Å². The fourth-order valence-corrected chi connectivity index (χ4v) is 1.78. The third kappa shape index (κ3) is 6.18. The van der Waals surface area contributed by atoms with Crippen molar-refractivity contribution in [1.82, 2.24) is 10.6 Å². The Morgan fingerprint density at radius 3 is 2.47 bits per heavy atom. The molecule has 0 spiro atoms. The summed E-state index contributed by atoms with van der Waals surface area (Å²) in [5.74, 6) is 0.0589. The van der Waals surface area contributed by atoms with E-state index in [9.17, 15) is 9.90 Å². The molecule has 5 heteroatoms. The lowest BCUT2D eigenvalue weighted by molar-refractivity contribution is -0.123. The zero-order chi connectivity index (χ0) is 14.3. The molecular formula is C14H21BrN2O2. The van der Waals surface area contributed by atoms with Crippen molar-refractivity contribution >= 4 is 21.8 Å². The lowest BCUT2D eigenvalue weighted by atomic mass is 10.1. The third-order valence-corrected chi connectivity index (χ3v) is 3.25. The second-order valence-electron chi connectivity index (χ2n) is 4.72. The summed E-state index contributed by atoms with van der Waals surface area (Å²) in [6.07, 6.45) is -0.533. The van der Waals surface area contributed by atoms with Crippen molar-refractivity contribution in [3.8, 4) is 0 Å². The van der Waals surface area contributed by atoms with Gasteiger partial charge in [-0.3, -0.25) is 4.79 Å². The molecular weight excluding hydrogens is 308 g/mol. The third-order valence-electron chi connectivity index (χ3n) is 2.72. The summed E-state index contributed by atoms with van der Waals surface area (Å²) in [5.41, 5.74) is 0.877. The predicted octanol–water partition coefficient (Wildman–Crippen LogP) is 1.84. The molecule has 1 atom stereocenters. The Morgan fingerprint density at radius 2 is 1.89 bits per heavy atom. The van der Waals surface area contributed by atoms with Crippen LogP contribution in [-0.2, 0) is 4.79 Å². The number of carbonyl (C=O) groups is 1. The lowest BCUT2D eigenvalue weighted by Crippen LogP contribution is -2.35. The van der Waals surface area contributed by atoms with Crippen LogP contribution in [0, 0.1) is 5.92 Å². The maximum atomic E-state index is 11.3. The minimum absolute atomic E-state index is 0.00774. The topological polar surface area (TPSA) is 61.4 Å². The summed E-state index contributed by atoms with van der Waals surface area (Å²) >= 11 is 3.36. The van der Waals surface area contributed by atoms with E-state index >= 15 is 0 Å². The van der Waals surface area contributed by atoms with Gasteiger partial charge in [0.2, 0.25) is 5.91 Å². The highest BCUT2D eigenvalue weighted by atomic mass is 79.9. The summed E-state index contributed by atoms with van der Waals surface area (Å²) in [6, 6.07) is 7.58. The first-order chi connectivity index (χ1) is 9.00. The van der Waals surface area contributed by atoms with E-state index in [4.69, 9.17) is 0 Å². The number of hydrogen-bond donors (Lipinski definition) is 3. The molecule has 0 fully saturated rings. The van der Waals surface area contributed by atoms with Gasteiger partial charge in [-0.1, -0.05) is 41.9 Å². The van der Waals surface area contributed by atoms with Crippen molar-refractivity contribution in [3.05, 3.63) is 34.3 Å². The number of aliphatic hydroxyl groups is 1. The highest BCUT2D eigenvalue weighted by Crippen LogP contribution is 2.15. The number of aliphatic hydroxyl groups excluding tert-OH is 1. The summed E-state index contributed by atoms with van der Waals surface area (Å²) in [4.78, 5) is 11.3. The van der Waals surface area contributed by atoms with E-state index in [0.29, 0.717) is 19.6 Å². The Labute approximate surface area is 122 Å². The van der Waals surface area contributed by atoms with Crippen LogP contribution in [0.3, 0.4) is 0 Å². The first kappa shape index (κ1) is 16.1. The van der Waals surface area contributed by atoms with Gasteiger partial charge in [0, 0.05) is 30.0 Å². The molecule has 0 bridgehead atoms. The average Bonchev–Trinajstić information content (AvgIpc) is 2.38. The van der Waals surface area contributed by atoms with Crippen molar-refractivity contribution in [2.24, 2.45) is 5.92 Å². The number of hydrogen-bond acceptors (Lipinski definition) is 3. The van der Waals surface area contributed by atoms with Gasteiger partial charge in [-0.25, -0.2) is 0 Å². The van der Waals surface area contributed by atoms with Gasteiger partial charge in [-0.05, 0) is 17.7 Å². The molecule has 0 saturated carbocycles. The predicted molar refractivity (Wildman–Crippen MR) is 79.8 cm³/mol. The van der Waals surface area contributed by atoms with E-state index in [1.807, 2.05) is 38.1 Å². The molecule has 0 aliphatic rings. The van der Waals surface area contributed by atoms with Gasteiger partial charge >= 0.3 is 0 Å². The molecule has 1 amide bonds. The summed E-state index contributed by atoms with van der Waals surface area (Å²) < 4.78 is 0.993. The zero-order valence-corrected chi connectivity index (χ0v) is 12.9. The molecule has 0 aliphatic heterocycles. The summed E-state index contributed by atoms with van der Waals surface area (Å²) in [7, 11) is 0. The van der Waals surface area contributed by atoms with Crippen LogP contribution in [0.2, 0.25) is 0 Å². The van der Waals surface area contributed by atoms with Crippen LogP contribution in [0.5, 0.6) is 0 Å². The molecule has 0 aliphatic carbocycles. The van der Waals surface area contributed by atoms with Gasteiger partial charge in [0.1, 0.15) is 0 Å². The highest BCUT2D eigenvalue weighted by molar-refractivity contribution is 9.10. The van der Waals surface area contributed by atoms with Gasteiger partial charge in [0.25, 0.3) is 0 Å². The van der Waals surface area contributed by atoms with Crippen molar-refractivity contribution < 1.29 is 9.90 Å². The molecule has 106 valence electrons. The van der Waals surface area contributed by atoms with E-state index in [1.54, 1.807) is 0 Å². The average molecular weight is 329 g/mol. The Balaban J connectivity index is 2.19. The molecule has 0 radical (unpaired) electrons. The van der Waals surface area contributed by atoms with Crippen LogP contribution in [0.25, 0.3) is 0 Å². The smallest absolute Gasteiger partial charge is 0.222 e. The second kappa shape index (κ2) is 8.30. The quantitative estimate of drug-likeness (QED) is 0.669. The lowest BCUT2D eigenvalue weighted by Gasteiger charge is -2.13. The Morgan fingerprint density at radius 1 is 1.26 bits per heavy atom. The Hall–Kier alpha value is -0.910. The van der Waals surface area contributed by atoms with Gasteiger partial charge in [-0.15, -0.1) is 0 Å². The minimum atomic E-state index is -0.533. The molecule has 0 unspecified atom stereocenters. The summed E-state index contributed by atoms with van der Waals surface area (Å²) in [6.45, 7) is 5.41. The van der Waals surface area contributed by atoms with E-state index < -0.39 is 6.10 Å². The molecule has 1 aromatic rings. The maximum Gasteiger partial charge on any atom is 0.222 e. The van der Waals surface area contributed by atoms with Crippen molar-refractivity contribution in [1.29, 1.82) is 0 Å². The number of benzene rings is 1. The normalized spacial score (nSPS) is 12.5. The highest BCUT2D eigenvalue weighted by Gasteiger charge is 2.07. The van der Waals surface area contributed by atoms with Gasteiger partial charge in [-0.2, -0.15) is 0 Å². The van der Waals surface area contributed by atoms with E-state index in [2.05, 4.69) is 26.6 Å². The molecule has 1 rings (SSSR count). The molecule has 4 nitrogen and oxygen atoms in total. The second-order valence-corrected chi connectivity index (χ2v) is 5.63. The molecule has 1 aromatic carbocycles. The van der Waals surface area contributed by atoms with E-state index in [0.717, 1.165) is 10.0 Å².